The minimum absolute atomic E-state index is 0.287. The topological polar surface area (TPSA) is 80.5 Å². The third kappa shape index (κ3) is 4.27. The van der Waals surface area contributed by atoms with Crippen LogP contribution in [-0.2, 0) is 9.53 Å². The van der Waals surface area contributed by atoms with E-state index in [0.29, 0.717) is 34.5 Å². The number of nitrogens with one attached hydrogen (secondary N) is 1. The number of likely N-dealkylation sites (tertiary alicyclic amines) is 1. The first-order valence-electron chi connectivity index (χ1n) is 10.4. The maximum Gasteiger partial charge on any atom is 0.342 e. The summed E-state index contributed by atoms with van der Waals surface area (Å²) < 4.78 is 23.9. The number of carbonyl (C=O) groups excluding carboxylic acids is 1. The molecule has 0 radical (unpaired) electrons. The number of esters is 1. The number of aromatic nitrogens is 2. The molecule has 174 valence electrons. The molecular weight excluding hydrogens is 590 g/mol. The average Bonchev–Trinajstić information content (AvgIpc) is 3.56. The van der Waals surface area contributed by atoms with Gasteiger partial charge in [0.15, 0.2) is 14.4 Å². The van der Waals surface area contributed by atoms with Crippen LogP contribution in [0.1, 0.15) is 18.6 Å². The maximum absolute atomic E-state index is 13.5. The fraction of sp³-hybridized carbons (Fsp3) is 0.217. The SMILES string of the molecule is COC(=O)C1(I)CCCN1C(=S)c1cc(-c2cccc(Nc3nc4ccc(F)cc4s3)c2)no1. The number of fused-ring (bicyclic) bond motifs is 1. The Morgan fingerprint density at radius 3 is 3.00 bits per heavy atom. The van der Waals surface area contributed by atoms with Crippen LogP contribution in [0.2, 0.25) is 0 Å². The van der Waals surface area contributed by atoms with Crippen LogP contribution in [0.5, 0.6) is 0 Å². The van der Waals surface area contributed by atoms with E-state index in [1.165, 1.54) is 30.6 Å². The Morgan fingerprint density at radius 2 is 2.18 bits per heavy atom. The Kier molecular flexibility index (Phi) is 6.25. The summed E-state index contributed by atoms with van der Waals surface area (Å²) in [6.45, 7) is 0.637. The van der Waals surface area contributed by atoms with Crippen LogP contribution in [-0.4, -0.2) is 43.2 Å². The van der Waals surface area contributed by atoms with E-state index in [1.807, 2.05) is 29.2 Å². The minimum atomic E-state index is -0.847. The fourth-order valence-electron chi connectivity index (χ4n) is 3.89. The number of thiocarbonyl (C=S) groups is 1. The molecule has 1 aliphatic rings. The molecule has 0 saturated carbocycles. The first-order valence-corrected chi connectivity index (χ1v) is 12.7. The molecular formula is C23H18FIN4O3S2. The van der Waals surface area contributed by atoms with Crippen molar-refractivity contribution in [2.45, 2.75) is 16.4 Å². The van der Waals surface area contributed by atoms with Gasteiger partial charge in [0.25, 0.3) is 0 Å². The predicted octanol–water partition coefficient (Wildman–Crippen LogP) is 5.91. The monoisotopic (exact) mass is 608 g/mol. The molecule has 1 saturated heterocycles. The van der Waals surface area contributed by atoms with E-state index in [-0.39, 0.29) is 11.8 Å². The Balaban J connectivity index is 1.36. The molecule has 1 atom stereocenters. The summed E-state index contributed by atoms with van der Waals surface area (Å²) in [5.41, 5.74) is 2.98. The van der Waals surface area contributed by atoms with Gasteiger partial charge in [0.1, 0.15) is 16.5 Å². The first kappa shape index (κ1) is 23.1. The van der Waals surface area contributed by atoms with Crippen molar-refractivity contribution in [2.75, 3.05) is 19.0 Å². The number of thiazole rings is 1. The molecule has 0 spiro atoms. The molecule has 3 heterocycles. The summed E-state index contributed by atoms with van der Waals surface area (Å²) >= 11 is 9.13. The molecule has 1 aliphatic heterocycles. The van der Waals surface area contributed by atoms with Gasteiger partial charge in [0, 0.05) is 23.9 Å². The van der Waals surface area contributed by atoms with Gasteiger partial charge in [0.2, 0.25) is 0 Å². The summed E-state index contributed by atoms with van der Waals surface area (Å²) in [6.07, 6.45) is 1.47. The van der Waals surface area contributed by atoms with Crippen LogP contribution in [0.3, 0.4) is 0 Å². The number of methoxy groups -OCH3 is 1. The molecule has 5 rings (SSSR count). The lowest BCUT2D eigenvalue weighted by Crippen LogP contribution is -2.48. The van der Waals surface area contributed by atoms with Crippen LogP contribution >= 0.6 is 46.1 Å². The summed E-state index contributed by atoms with van der Waals surface area (Å²) in [5.74, 6) is -0.197. The van der Waals surface area contributed by atoms with E-state index < -0.39 is 3.55 Å². The highest BCUT2D eigenvalue weighted by Gasteiger charge is 2.48. The van der Waals surface area contributed by atoms with Crippen molar-refractivity contribution in [1.29, 1.82) is 0 Å². The highest BCUT2D eigenvalue weighted by Crippen LogP contribution is 2.38. The molecule has 1 unspecified atom stereocenters. The van der Waals surface area contributed by atoms with Crippen molar-refractivity contribution in [3.63, 3.8) is 0 Å². The van der Waals surface area contributed by atoms with E-state index >= 15 is 0 Å². The number of rotatable bonds is 5. The first-order chi connectivity index (χ1) is 16.4. The van der Waals surface area contributed by atoms with Gasteiger partial charge in [-0.3, -0.25) is 0 Å². The second-order valence-electron chi connectivity index (χ2n) is 7.72. The van der Waals surface area contributed by atoms with Gasteiger partial charge in [-0.15, -0.1) is 0 Å². The summed E-state index contributed by atoms with van der Waals surface area (Å²) in [5, 5.41) is 8.12. The number of anilines is 2. The lowest BCUT2D eigenvalue weighted by atomic mass is 10.1. The normalized spacial score (nSPS) is 17.8. The Labute approximate surface area is 217 Å². The van der Waals surface area contributed by atoms with Crippen molar-refractivity contribution in [2.24, 2.45) is 0 Å². The van der Waals surface area contributed by atoms with E-state index in [1.54, 1.807) is 12.1 Å². The fourth-order valence-corrected chi connectivity index (χ4v) is 6.39. The van der Waals surface area contributed by atoms with Crippen LogP contribution in [0, 0.1) is 5.82 Å². The minimum Gasteiger partial charge on any atom is -0.467 e. The molecule has 0 bridgehead atoms. The molecule has 11 heteroatoms. The van der Waals surface area contributed by atoms with E-state index in [0.717, 1.165) is 27.9 Å². The van der Waals surface area contributed by atoms with Gasteiger partial charge in [-0.2, -0.15) is 0 Å². The van der Waals surface area contributed by atoms with Crippen molar-refractivity contribution >= 4 is 78.1 Å². The molecule has 0 aliphatic carbocycles. The standard InChI is InChI=1S/C23H18FIN4O3S2/c1-31-21(30)23(25)8-3-9-29(23)20(33)18-12-17(28-32-18)13-4-2-5-15(10-13)26-22-27-16-7-6-14(24)11-19(16)34-22/h2,4-7,10-12H,3,8-9H2,1H3,(H,26,27). The van der Waals surface area contributed by atoms with Crippen molar-refractivity contribution in [3.05, 3.63) is 60.1 Å². The van der Waals surface area contributed by atoms with Crippen LogP contribution in [0.25, 0.3) is 21.5 Å². The van der Waals surface area contributed by atoms with Gasteiger partial charge in [-0.1, -0.05) is 40.8 Å². The van der Waals surface area contributed by atoms with Gasteiger partial charge in [0.05, 0.1) is 17.3 Å². The number of nitrogens with zero attached hydrogens (tertiary/aromatic N) is 3. The van der Waals surface area contributed by atoms with Crippen molar-refractivity contribution in [3.8, 4) is 11.3 Å². The van der Waals surface area contributed by atoms with Gasteiger partial charge in [-0.05, 0) is 65.8 Å². The summed E-state index contributed by atoms with van der Waals surface area (Å²) in [6, 6.07) is 13.9. The number of alkyl halides is 1. The Bertz CT molecular complexity index is 1410. The molecule has 4 aromatic rings. The Hall–Kier alpha value is -2.64. The van der Waals surface area contributed by atoms with E-state index in [4.69, 9.17) is 21.5 Å². The van der Waals surface area contributed by atoms with Crippen LogP contribution in [0.4, 0.5) is 15.2 Å². The third-order valence-electron chi connectivity index (χ3n) is 5.54. The Morgan fingerprint density at radius 1 is 1.32 bits per heavy atom. The highest BCUT2D eigenvalue weighted by atomic mass is 127. The molecule has 0 amide bonds. The van der Waals surface area contributed by atoms with Gasteiger partial charge >= 0.3 is 5.97 Å². The second-order valence-corrected chi connectivity index (χ2v) is 10.9. The number of ether oxygens (including phenoxy) is 1. The summed E-state index contributed by atoms with van der Waals surface area (Å²) in [7, 11) is 1.38. The van der Waals surface area contributed by atoms with Crippen molar-refractivity contribution < 1.29 is 18.4 Å². The number of hydrogen-bond acceptors (Lipinski definition) is 8. The molecule has 1 fully saturated rings. The number of benzene rings is 2. The molecule has 2 aromatic carbocycles. The third-order valence-corrected chi connectivity index (χ3v) is 8.46. The smallest absolute Gasteiger partial charge is 0.342 e. The van der Waals surface area contributed by atoms with Crippen LogP contribution < -0.4 is 5.32 Å². The maximum atomic E-state index is 13.5. The zero-order chi connectivity index (χ0) is 23.9. The zero-order valence-corrected chi connectivity index (χ0v) is 21.7. The second kappa shape index (κ2) is 9.19. The predicted molar refractivity (Wildman–Crippen MR) is 141 cm³/mol. The lowest BCUT2D eigenvalue weighted by Gasteiger charge is -2.31. The lowest BCUT2D eigenvalue weighted by molar-refractivity contribution is -0.145. The molecule has 2 aromatic heterocycles. The quantitative estimate of drug-likeness (QED) is 0.0986. The zero-order valence-electron chi connectivity index (χ0n) is 17.9. The molecule has 34 heavy (non-hydrogen) atoms. The molecule has 7 nitrogen and oxygen atoms in total. The van der Waals surface area contributed by atoms with Gasteiger partial charge < -0.3 is 19.5 Å². The van der Waals surface area contributed by atoms with Crippen molar-refractivity contribution in [1.82, 2.24) is 15.0 Å². The number of carbonyl (C=O) groups is 1. The number of hydrogen-bond donors (Lipinski definition) is 1. The highest BCUT2D eigenvalue weighted by molar-refractivity contribution is 14.1. The van der Waals surface area contributed by atoms with E-state index in [2.05, 4.69) is 38.0 Å². The summed E-state index contributed by atoms with van der Waals surface area (Å²) in [4.78, 5) is 19.1. The molecule has 1 N–H and O–H groups in total. The van der Waals surface area contributed by atoms with Crippen LogP contribution in [0.15, 0.2) is 53.1 Å². The average molecular weight is 608 g/mol. The van der Waals surface area contributed by atoms with Gasteiger partial charge in [-0.25, -0.2) is 14.2 Å². The number of halogens is 2. The van der Waals surface area contributed by atoms with E-state index in [9.17, 15) is 9.18 Å². The largest absolute Gasteiger partial charge is 0.467 e.